The normalized spacial score (nSPS) is 14.8. The van der Waals surface area contributed by atoms with Crippen LogP contribution < -0.4 is 0 Å². The Kier molecular flexibility index (Phi) is 3.88. The fourth-order valence-corrected chi connectivity index (χ4v) is 2.97. The van der Waals surface area contributed by atoms with Crippen LogP contribution in [0.3, 0.4) is 0 Å². The van der Waals surface area contributed by atoms with E-state index in [1.807, 2.05) is 64.1 Å². The SMILES string of the molecule is Cc1ccc(C2=C(c3ccc(C)c(C)c3)C(=O)N(C)C2=O)cc1C. The van der Waals surface area contributed by atoms with E-state index in [1.165, 1.54) is 4.90 Å². The van der Waals surface area contributed by atoms with Gasteiger partial charge in [-0.25, -0.2) is 0 Å². The maximum absolute atomic E-state index is 12.7. The number of benzene rings is 2. The second-order valence-corrected chi connectivity index (χ2v) is 6.52. The Labute approximate surface area is 142 Å². The summed E-state index contributed by atoms with van der Waals surface area (Å²) in [6.45, 7) is 8.09. The van der Waals surface area contributed by atoms with Crippen molar-refractivity contribution in [2.45, 2.75) is 27.7 Å². The van der Waals surface area contributed by atoms with Crippen molar-refractivity contribution < 1.29 is 9.59 Å². The summed E-state index contributed by atoms with van der Waals surface area (Å²) in [6.07, 6.45) is 0. The summed E-state index contributed by atoms with van der Waals surface area (Å²) >= 11 is 0. The van der Waals surface area contributed by atoms with E-state index in [9.17, 15) is 9.59 Å². The van der Waals surface area contributed by atoms with Gasteiger partial charge in [0.25, 0.3) is 11.8 Å². The van der Waals surface area contributed by atoms with Crippen LogP contribution >= 0.6 is 0 Å². The van der Waals surface area contributed by atoms with Gasteiger partial charge < -0.3 is 0 Å². The average molecular weight is 319 g/mol. The first kappa shape index (κ1) is 16.2. The molecule has 0 saturated carbocycles. The predicted molar refractivity (Wildman–Crippen MR) is 96.4 cm³/mol. The van der Waals surface area contributed by atoms with E-state index >= 15 is 0 Å². The molecule has 0 bridgehead atoms. The fourth-order valence-electron chi connectivity index (χ4n) is 2.97. The fraction of sp³-hybridized carbons (Fsp3) is 0.238. The smallest absolute Gasteiger partial charge is 0.261 e. The molecule has 1 heterocycles. The molecule has 24 heavy (non-hydrogen) atoms. The summed E-state index contributed by atoms with van der Waals surface area (Å²) in [5.41, 5.74) is 7.13. The summed E-state index contributed by atoms with van der Waals surface area (Å²) in [4.78, 5) is 26.6. The molecule has 0 N–H and O–H groups in total. The third kappa shape index (κ3) is 2.46. The molecule has 3 heteroatoms. The van der Waals surface area contributed by atoms with E-state index in [1.54, 1.807) is 7.05 Å². The molecule has 0 saturated heterocycles. The maximum atomic E-state index is 12.7. The van der Waals surface area contributed by atoms with Gasteiger partial charge in [0.15, 0.2) is 0 Å². The van der Waals surface area contributed by atoms with Crippen LogP contribution in [0.15, 0.2) is 36.4 Å². The van der Waals surface area contributed by atoms with Gasteiger partial charge in [0, 0.05) is 7.05 Å². The molecule has 0 spiro atoms. The third-order valence-corrected chi connectivity index (χ3v) is 4.88. The van der Waals surface area contributed by atoms with Crippen LogP contribution in [-0.4, -0.2) is 23.8 Å². The van der Waals surface area contributed by atoms with E-state index in [2.05, 4.69) is 0 Å². The lowest BCUT2D eigenvalue weighted by Crippen LogP contribution is -2.26. The Morgan fingerprint density at radius 2 is 1.00 bits per heavy atom. The molecule has 0 fully saturated rings. The van der Waals surface area contributed by atoms with E-state index in [4.69, 9.17) is 0 Å². The minimum Gasteiger partial charge on any atom is -0.277 e. The van der Waals surface area contributed by atoms with Crippen molar-refractivity contribution in [1.29, 1.82) is 0 Å². The highest BCUT2D eigenvalue weighted by atomic mass is 16.2. The first-order chi connectivity index (χ1) is 11.3. The van der Waals surface area contributed by atoms with Gasteiger partial charge in [-0.15, -0.1) is 0 Å². The van der Waals surface area contributed by atoms with Crippen LogP contribution in [0.25, 0.3) is 11.1 Å². The van der Waals surface area contributed by atoms with Crippen LogP contribution in [0.1, 0.15) is 33.4 Å². The van der Waals surface area contributed by atoms with E-state index in [0.717, 1.165) is 33.4 Å². The number of carbonyl (C=O) groups excluding carboxylic acids is 2. The van der Waals surface area contributed by atoms with E-state index < -0.39 is 0 Å². The summed E-state index contributed by atoms with van der Waals surface area (Å²) in [5, 5.41) is 0. The molecule has 1 aliphatic rings. The molecule has 0 unspecified atom stereocenters. The van der Waals surface area contributed by atoms with Gasteiger partial charge in [0.2, 0.25) is 0 Å². The second-order valence-electron chi connectivity index (χ2n) is 6.52. The van der Waals surface area contributed by atoms with Crippen LogP contribution in [-0.2, 0) is 9.59 Å². The Hall–Kier alpha value is -2.68. The lowest BCUT2D eigenvalue weighted by atomic mass is 9.93. The van der Waals surface area contributed by atoms with Crippen LogP contribution in [0, 0.1) is 27.7 Å². The zero-order valence-corrected chi connectivity index (χ0v) is 14.7. The van der Waals surface area contributed by atoms with Crippen molar-refractivity contribution in [3.63, 3.8) is 0 Å². The number of aryl methyl sites for hydroxylation is 4. The van der Waals surface area contributed by atoms with Gasteiger partial charge in [-0.3, -0.25) is 14.5 Å². The first-order valence-electron chi connectivity index (χ1n) is 8.03. The molecule has 0 aliphatic carbocycles. The summed E-state index contributed by atoms with van der Waals surface area (Å²) in [5.74, 6) is -0.479. The lowest BCUT2D eigenvalue weighted by Gasteiger charge is -2.09. The quantitative estimate of drug-likeness (QED) is 0.789. The molecule has 122 valence electrons. The Morgan fingerprint density at radius 1 is 0.625 bits per heavy atom. The second kappa shape index (κ2) is 5.75. The zero-order valence-electron chi connectivity index (χ0n) is 14.7. The molecule has 2 aromatic rings. The van der Waals surface area contributed by atoms with Crippen molar-refractivity contribution in [3.05, 3.63) is 69.8 Å². The lowest BCUT2D eigenvalue weighted by molar-refractivity contribution is -0.134. The number of hydrogen-bond donors (Lipinski definition) is 0. The maximum Gasteiger partial charge on any atom is 0.261 e. The highest BCUT2D eigenvalue weighted by molar-refractivity contribution is 6.48. The van der Waals surface area contributed by atoms with Gasteiger partial charge >= 0.3 is 0 Å². The number of imide groups is 1. The highest BCUT2D eigenvalue weighted by Crippen LogP contribution is 2.36. The predicted octanol–water partition coefficient (Wildman–Crippen LogP) is 3.83. The number of carbonyl (C=O) groups is 2. The largest absolute Gasteiger partial charge is 0.277 e. The average Bonchev–Trinajstić information content (AvgIpc) is 2.77. The van der Waals surface area contributed by atoms with Gasteiger partial charge in [0.1, 0.15) is 0 Å². The Balaban J connectivity index is 2.27. The molecule has 0 atom stereocenters. The van der Waals surface area contributed by atoms with Crippen molar-refractivity contribution in [3.8, 4) is 0 Å². The molecular formula is C21H21NO2. The van der Waals surface area contributed by atoms with Crippen molar-refractivity contribution in [2.75, 3.05) is 7.05 Å². The number of amides is 2. The molecule has 0 aromatic heterocycles. The van der Waals surface area contributed by atoms with Crippen LogP contribution in [0.4, 0.5) is 0 Å². The van der Waals surface area contributed by atoms with Gasteiger partial charge in [0.05, 0.1) is 11.1 Å². The zero-order chi connectivity index (χ0) is 17.6. The number of hydrogen-bond acceptors (Lipinski definition) is 2. The molecule has 3 rings (SSSR count). The summed E-state index contributed by atoms with van der Waals surface area (Å²) in [7, 11) is 1.54. The summed E-state index contributed by atoms with van der Waals surface area (Å²) in [6, 6.07) is 11.8. The molecule has 2 amide bonds. The molecule has 0 radical (unpaired) electrons. The van der Waals surface area contributed by atoms with Gasteiger partial charge in [-0.1, -0.05) is 36.4 Å². The summed E-state index contributed by atoms with van der Waals surface area (Å²) < 4.78 is 0. The Morgan fingerprint density at radius 3 is 1.33 bits per heavy atom. The van der Waals surface area contributed by atoms with E-state index in [-0.39, 0.29) is 11.8 Å². The highest BCUT2D eigenvalue weighted by Gasteiger charge is 2.37. The molecule has 3 nitrogen and oxygen atoms in total. The van der Waals surface area contributed by atoms with Crippen molar-refractivity contribution >= 4 is 23.0 Å². The molecule has 1 aliphatic heterocycles. The standard InChI is InChI=1S/C21H21NO2/c1-12-6-8-16(10-14(12)3)18-19(21(24)22(5)20(18)23)17-9-7-13(2)15(4)11-17/h6-11H,1-5H3. The third-order valence-electron chi connectivity index (χ3n) is 4.88. The minimum absolute atomic E-state index is 0.239. The van der Waals surface area contributed by atoms with Crippen LogP contribution in [0.2, 0.25) is 0 Å². The minimum atomic E-state index is -0.239. The number of nitrogens with zero attached hydrogens (tertiary/aromatic N) is 1. The van der Waals surface area contributed by atoms with E-state index in [0.29, 0.717) is 11.1 Å². The number of rotatable bonds is 2. The topological polar surface area (TPSA) is 37.4 Å². The first-order valence-corrected chi connectivity index (χ1v) is 8.03. The Bertz CT molecular complexity index is 833. The monoisotopic (exact) mass is 319 g/mol. The molecule has 2 aromatic carbocycles. The van der Waals surface area contributed by atoms with Crippen LogP contribution in [0.5, 0.6) is 0 Å². The van der Waals surface area contributed by atoms with Crippen molar-refractivity contribution in [1.82, 2.24) is 4.90 Å². The number of likely N-dealkylation sites (N-methyl/N-ethyl adjacent to an activating group) is 1. The van der Waals surface area contributed by atoms with Gasteiger partial charge in [-0.05, 0) is 61.1 Å². The van der Waals surface area contributed by atoms with Gasteiger partial charge in [-0.2, -0.15) is 0 Å². The van der Waals surface area contributed by atoms with Crippen molar-refractivity contribution in [2.24, 2.45) is 0 Å². The molecular weight excluding hydrogens is 298 g/mol.